The average molecular weight is 338 g/mol. The summed E-state index contributed by atoms with van der Waals surface area (Å²) in [5.41, 5.74) is 3.10. The monoisotopic (exact) mass is 338 g/mol. The van der Waals surface area contributed by atoms with Gasteiger partial charge in [0.1, 0.15) is 5.92 Å². The zero-order chi connectivity index (χ0) is 17.9. The van der Waals surface area contributed by atoms with E-state index in [1.165, 1.54) is 11.1 Å². The first kappa shape index (κ1) is 17.7. The summed E-state index contributed by atoms with van der Waals surface area (Å²) in [5.74, 6) is -1.80. The first-order valence-electron chi connectivity index (χ1n) is 9.18. The Labute approximate surface area is 149 Å². The normalized spacial score (nSPS) is 17.8. The predicted octanol–water partition coefficient (Wildman–Crippen LogP) is 4.78. The Morgan fingerprint density at radius 2 is 1.68 bits per heavy atom. The fraction of sp³-hybridized carbons (Fsp3) is 0.409. The van der Waals surface area contributed by atoms with Gasteiger partial charge in [0.25, 0.3) is 0 Å². The third-order valence-electron chi connectivity index (χ3n) is 5.46. The molecule has 1 aliphatic rings. The number of hydrogen-bond donors (Lipinski definition) is 2. The van der Waals surface area contributed by atoms with Crippen LogP contribution < -0.4 is 0 Å². The average Bonchev–Trinajstić information content (AvgIpc) is 2.62. The summed E-state index contributed by atoms with van der Waals surface area (Å²) in [7, 11) is 0. The lowest BCUT2D eigenvalue weighted by atomic mass is 9.72. The quantitative estimate of drug-likeness (QED) is 0.825. The molecule has 0 aromatic heterocycles. The van der Waals surface area contributed by atoms with Gasteiger partial charge in [-0.25, -0.2) is 0 Å². The third-order valence-corrected chi connectivity index (χ3v) is 5.46. The zero-order valence-electron chi connectivity index (χ0n) is 14.7. The van der Waals surface area contributed by atoms with Crippen LogP contribution in [0.15, 0.2) is 48.5 Å². The molecule has 2 aromatic carbocycles. The molecule has 1 saturated carbocycles. The van der Waals surface area contributed by atoms with Crippen molar-refractivity contribution >= 4 is 5.97 Å². The van der Waals surface area contributed by atoms with Crippen molar-refractivity contribution < 1.29 is 15.0 Å². The van der Waals surface area contributed by atoms with Crippen molar-refractivity contribution in [1.29, 1.82) is 0 Å². The van der Waals surface area contributed by atoms with Crippen molar-refractivity contribution in [3.05, 3.63) is 59.7 Å². The number of carbonyl (C=O) groups is 1. The van der Waals surface area contributed by atoms with Crippen LogP contribution in [0.2, 0.25) is 0 Å². The van der Waals surface area contributed by atoms with E-state index in [-0.39, 0.29) is 0 Å². The number of benzene rings is 2. The maximum atomic E-state index is 11.9. The lowest BCUT2D eigenvalue weighted by Gasteiger charge is -2.37. The molecule has 0 bridgehead atoms. The van der Waals surface area contributed by atoms with Crippen molar-refractivity contribution in [2.45, 2.75) is 57.0 Å². The molecule has 25 heavy (non-hydrogen) atoms. The van der Waals surface area contributed by atoms with Gasteiger partial charge >= 0.3 is 5.97 Å². The molecule has 0 amide bonds. The Morgan fingerprint density at radius 1 is 1.04 bits per heavy atom. The molecule has 1 atom stereocenters. The molecule has 2 aromatic rings. The fourth-order valence-corrected chi connectivity index (χ4v) is 4.10. The van der Waals surface area contributed by atoms with Crippen LogP contribution in [-0.2, 0) is 11.2 Å². The first-order valence-corrected chi connectivity index (χ1v) is 9.18. The van der Waals surface area contributed by atoms with Crippen molar-refractivity contribution in [1.82, 2.24) is 0 Å². The van der Waals surface area contributed by atoms with E-state index in [1.54, 1.807) is 0 Å². The van der Waals surface area contributed by atoms with E-state index in [1.807, 2.05) is 36.4 Å². The van der Waals surface area contributed by atoms with Gasteiger partial charge in [-0.3, -0.25) is 4.79 Å². The van der Waals surface area contributed by atoms with Crippen LogP contribution in [0.4, 0.5) is 0 Å². The highest BCUT2D eigenvalue weighted by atomic mass is 16.4. The van der Waals surface area contributed by atoms with Gasteiger partial charge in [0.2, 0.25) is 0 Å². The minimum atomic E-state index is -1.13. The first-order chi connectivity index (χ1) is 12.0. The molecule has 132 valence electrons. The smallest absolute Gasteiger partial charge is 0.313 e. The van der Waals surface area contributed by atoms with E-state index >= 15 is 0 Å². The molecule has 2 N–H and O–H groups in total. The molecule has 0 saturated heterocycles. The van der Waals surface area contributed by atoms with Crippen molar-refractivity contribution in [2.75, 3.05) is 0 Å². The summed E-state index contributed by atoms with van der Waals surface area (Å²) in [4.78, 5) is 11.9. The largest absolute Gasteiger partial charge is 0.481 e. The number of aliphatic carboxylic acids is 1. The number of rotatable bonds is 5. The third kappa shape index (κ3) is 3.62. The van der Waals surface area contributed by atoms with Crippen LogP contribution in [0.3, 0.4) is 0 Å². The Bertz CT molecular complexity index is 727. The molecule has 1 unspecified atom stereocenters. The van der Waals surface area contributed by atoms with Crippen molar-refractivity contribution in [2.24, 2.45) is 0 Å². The number of aryl methyl sites for hydroxylation is 1. The predicted molar refractivity (Wildman–Crippen MR) is 99.7 cm³/mol. The summed E-state index contributed by atoms with van der Waals surface area (Å²) in [6, 6.07) is 16.0. The standard InChI is InChI=1S/C22H26O3/c1-2-16-8-4-5-9-19(16)17-10-12-18(13-11-17)20(21(23)24)22(25)14-6-3-7-15-22/h4-5,8-13,20,25H,2-3,6-7,14-15H2,1H3,(H,23,24). The summed E-state index contributed by atoms with van der Waals surface area (Å²) in [5, 5.41) is 20.7. The lowest BCUT2D eigenvalue weighted by Crippen LogP contribution is -2.42. The Balaban J connectivity index is 1.93. The van der Waals surface area contributed by atoms with Crippen molar-refractivity contribution in [3.63, 3.8) is 0 Å². The highest BCUT2D eigenvalue weighted by molar-refractivity contribution is 5.78. The second-order valence-electron chi connectivity index (χ2n) is 7.07. The number of hydrogen-bond acceptors (Lipinski definition) is 2. The zero-order valence-corrected chi connectivity index (χ0v) is 14.7. The van der Waals surface area contributed by atoms with Gasteiger partial charge < -0.3 is 10.2 Å². The van der Waals surface area contributed by atoms with Crippen LogP contribution in [-0.4, -0.2) is 21.8 Å². The van der Waals surface area contributed by atoms with Crippen LogP contribution in [0.1, 0.15) is 56.1 Å². The summed E-state index contributed by atoms with van der Waals surface area (Å²) >= 11 is 0. The summed E-state index contributed by atoms with van der Waals surface area (Å²) < 4.78 is 0. The second kappa shape index (κ2) is 7.40. The Kier molecular flexibility index (Phi) is 5.24. The van der Waals surface area contributed by atoms with Crippen LogP contribution in [0.25, 0.3) is 11.1 Å². The lowest BCUT2D eigenvalue weighted by molar-refractivity contribution is -0.147. The highest BCUT2D eigenvalue weighted by Crippen LogP contribution is 2.40. The number of carboxylic acids is 1. The maximum Gasteiger partial charge on any atom is 0.313 e. The molecule has 0 spiro atoms. The molecule has 1 aliphatic carbocycles. The molecule has 0 heterocycles. The van der Waals surface area contributed by atoms with Crippen LogP contribution in [0, 0.1) is 0 Å². The molecular formula is C22H26O3. The van der Waals surface area contributed by atoms with E-state index in [2.05, 4.69) is 19.1 Å². The van der Waals surface area contributed by atoms with Gasteiger partial charge in [-0.1, -0.05) is 74.7 Å². The van der Waals surface area contributed by atoms with E-state index in [0.717, 1.165) is 31.2 Å². The van der Waals surface area contributed by atoms with E-state index in [4.69, 9.17) is 0 Å². The Hall–Kier alpha value is -2.13. The maximum absolute atomic E-state index is 11.9. The molecule has 3 nitrogen and oxygen atoms in total. The van der Waals surface area contributed by atoms with Gasteiger partial charge in [0.15, 0.2) is 0 Å². The minimum Gasteiger partial charge on any atom is -0.481 e. The molecule has 3 heteroatoms. The molecule has 0 aliphatic heterocycles. The molecule has 3 rings (SSSR count). The molecular weight excluding hydrogens is 312 g/mol. The van der Waals surface area contributed by atoms with Gasteiger partial charge in [-0.15, -0.1) is 0 Å². The fourth-order valence-electron chi connectivity index (χ4n) is 4.10. The van der Waals surface area contributed by atoms with Gasteiger partial charge in [-0.05, 0) is 41.5 Å². The summed E-state index contributed by atoms with van der Waals surface area (Å²) in [6.45, 7) is 2.13. The summed E-state index contributed by atoms with van der Waals surface area (Å²) in [6.07, 6.45) is 4.93. The SMILES string of the molecule is CCc1ccccc1-c1ccc(C(C(=O)O)C2(O)CCCCC2)cc1. The second-order valence-corrected chi connectivity index (χ2v) is 7.07. The Morgan fingerprint density at radius 3 is 2.28 bits per heavy atom. The molecule has 0 radical (unpaired) electrons. The molecule has 1 fully saturated rings. The number of carboxylic acid groups (broad SMARTS) is 1. The minimum absolute atomic E-state index is 0.560. The topological polar surface area (TPSA) is 57.5 Å². The van der Waals surface area contributed by atoms with E-state index < -0.39 is 17.5 Å². The van der Waals surface area contributed by atoms with Crippen molar-refractivity contribution in [3.8, 4) is 11.1 Å². The van der Waals surface area contributed by atoms with Crippen LogP contribution >= 0.6 is 0 Å². The number of aliphatic hydroxyl groups is 1. The van der Waals surface area contributed by atoms with Gasteiger partial charge in [-0.2, -0.15) is 0 Å². The highest BCUT2D eigenvalue weighted by Gasteiger charge is 2.43. The van der Waals surface area contributed by atoms with Gasteiger partial charge in [0, 0.05) is 0 Å². The van der Waals surface area contributed by atoms with E-state index in [9.17, 15) is 15.0 Å². The van der Waals surface area contributed by atoms with Crippen LogP contribution in [0.5, 0.6) is 0 Å². The van der Waals surface area contributed by atoms with Gasteiger partial charge in [0.05, 0.1) is 5.60 Å². The van der Waals surface area contributed by atoms with E-state index in [0.29, 0.717) is 18.4 Å².